The van der Waals surface area contributed by atoms with Crippen LogP contribution in [-0.2, 0) is 12.8 Å². The molecule has 1 atom stereocenters. The smallest absolute Gasteiger partial charge is 0.245 e. The second kappa shape index (κ2) is 6.69. The number of hydrogen-bond acceptors (Lipinski definition) is 5. The molecule has 0 saturated carbocycles. The summed E-state index contributed by atoms with van der Waals surface area (Å²) in [5.74, 6) is 1.61. The van der Waals surface area contributed by atoms with Gasteiger partial charge in [0.2, 0.25) is 5.95 Å². The molecule has 1 aromatic heterocycles. The lowest BCUT2D eigenvalue weighted by Crippen LogP contribution is -2.29. The Hall–Kier alpha value is -1.23. The molecular weight excluding hydrogens is 262 g/mol. The van der Waals surface area contributed by atoms with E-state index in [1.165, 1.54) is 38.9 Å². The molecule has 21 heavy (non-hydrogen) atoms. The van der Waals surface area contributed by atoms with Crippen molar-refractivity contribution in [1.29, 1.82) is 0 Å². The van der Waals surface area contributed by atoms with Gasteiger partial charge < -0.3 is 9.80 Å². The first-order chi connectivity index (χ1) is 10.3. The molecule has 0 aromatic carbocycles. The molecule has 2 fully saturated rings. The Morgan fingerprint density at radius 1 is 1.00 bits per heavy atom. The lowest BCUT2D eigenvalue weighted by Gasteiger charge is -2.20. The van der Waals surface area contributed by atoms with E-state index >= 15 is 0 Å². The zero-order valence-electron chi connectivity index (χ0n) is 13.4. The molecule has 0 aliphatic carbocycles. The molecule has 3 heterocycles. The topological polar surface area (TPSA) is 45.2 Å². The summed E-state index contributed by atoms with van der Waals surface area (Å²) in [7, 11) is 0. The Bertz CT molecular complexity index is 470. The Kier molecular flexibility index (Phi) is 4.68. The first-order valence-electron chi connectivity index (χ1n) is 8.50. The Morgan fingerprint density at radius 2 is 1.76 bits per heavy atom. The third-order valence-corrected chi connectivity index (χ3v) is 4.78. The molecule has 0 radical (unpaired) electrons. The van der Waals surface area contributed by atoms with Crippen LogP contribution in [0.4, 0.5) is 5.95 Å². The standard InChI is InChI=1S/C16H27N5/c1-3-14-15(4-2)18-19-16(17-14)21-10-7-13(12-21)11-20-8-5-6-9-20/h13H,3-12H2,1-2H3. The first kappa shape index (κ1) is 14.7. The summed E-state index contributed by atoms with van der Waals surface area (Å²) in [6.45, 7) is 10.3. The maximum atomic E-state index is 4.75. The number of hydrogen-bond donors (Lipinski definition) is 0. The van der Waals surface area contributed by atoms with Crippen molar-refractivity contribution < 1.29 is 0 Å². The highest BCUT2D eigenvalue weighted by Crippen LogP contribution is 2.23. The fourth-order valence-corrected chi connectivity index (χ4v) is 3.56. The van der Waals surface area contributed by atoms with Crippen molar-refractivity contribution in [3.05, 3.63) is 11.4 Å². The summed E-state index contributed by atoms with van der Waals surface area (Å²) < 4.78 is 0. The van der Waals surface area contributed by atoms with Crippen LogP contribution in [0, 0.1) is 5.92 Å². The minimum atomic E-state index is 0.766. The Labute approximate surface area is 127 Å². The van der Waals surface area contributed by atoms with Crippen LogP contribution in [0.3, 0.4) is 0 Å². The fourth-order valence-electron chi connectivity index (χ4n) is 3.56. The maximum Gasteiger partial charge on any atom is 0.245 e. The van der Waals surface area contributed by atoms with Crippen molar-refractivity contribution in [3.8, 4) is 0 Å². The third kappa shape index (κ3) is 3.34. The number of anilines is 1. The summed E-state index contributed by atoms with van der Waals surface area (Å²) in [5.41, 5.74) is 2.17. The molecule has 0 bridgehead atoms. The van der Waals surface area contributed by atoms with Crippen LogP contribution in [-0.4, -0.2) is 52.8 Å². The predicted octanol–water partition coefficient (Wildman–Crippen LogP) is 1.92. The molecule has 5 nitrogen and oxygen atoms in total. The van der Waals surface area contributed by atoms with Gasteiger partial charge in [-0.15, -0.1) is 5.10 Å². The lowest BCUT2D eigenvalue weighted by atomic mass is 10.1. The van der Waals surface area contributed by atoms with Crippen LogP contribution in [0.2, 0.25) is 0 Å². The van der Waals surface area contributed by atoms with E-state index in [1.807, 2.05) is 0 Å². The first-order valence-corrected chi connectivity index (χ1v) is 8.50. The van der Waals surface area contributed by atoms with Crippen molar-refractivity contribution in [3.63, 3.8) is 0 Å². The van der Waals surface area contributed by atoms with Gasteiger partial charge in [-0.1, -0.05) is 13.8 Å². The van der Waals surface area contributed by atoms with Crippen LogP contribution >= 0.6 is 0 Å². The van der Waals surface area contributed by atoms with Crippen molar-refractivity contribution in [1.82, 2.24) is 20.1 Å². The van der Waals surface area contributed by atoms with E-state index in [0.29, 0.717) is 0 Å². The predicted molar refractivity (Wildman–Crippen MR) is 84.6 cm³/mol. The SMILES string of the molecule is CCc1nnc(N2CCC(CN3CCCC3)C2)nc1CC. The van der Waals surface area contributed by atoms with Crippen molar-refractivity contribution in [2.75, 3.05) is 37.6 Å². The molecule has 2 aliphatic heterocycles. The van der Waals surface area contributed by atoms with E-state index in [1.54, 1.807) is 0 Å². The van der Waals surface area contributed by atoms with Crippen LogP contribution in [0.5, 0.6) is 0 Å². The van der Waals surface area contributed by atoms with E-state index in [0.717, 1.165) is 49.2 Å². The molecule has 0 N–H and O–H groups in total. The Morgan fingerprint density at radius 3 is 2.48 bits per heavy atom. The maximum absolute atomic E-state index is 4.75. The van der Waals surface area contributed by atoms with Crippen LogP contribution in [0.1, 0.15) is 44.5 Å². The molecule has 5 heteroatoms. The van der Waals surface area contributed by atoms with E-state index in [9.17, 15) is 0 Å². The van der Waals surface area contributed by atoms with E-state index < -0.39 is 0 Å². The largest absolute Gasteiger partial charge is 0.339 e. The molecule has 1 unspecified atom stereocenters. The molecule has 0 amide bonds. The van der Waals surface area contributed by atoms with Gasteiger partial charge in [-0.3, -0.25) is 0 Å². The fraction of sp³-hybridized carbons (Fsp3) is 0.812. The minimum Gasteiger partial charge on any atom is -0.339 e. The molecule has 2 saturated heterocycles. The van der Waals surface area contributed by atoms with Crippen molar-refractivity contribution in [2.24, 2.45) is 5.92 Å². The van der Waals surface area contributed by atoms with Gasteiger partial charge in [-0.25, -0.2) is 4.98 Å². The molecule has 116 valence electrons. The van der Waals surface area contributed by atoms with Crippen molar-refractivity contribution in [2.45, 2.75) is 46.0 Å². The van der Waals surface area contributed by atoms with Gasteiger partial charge in [0.1, 0.15) is 0 Å². The van der Waals surface area contributed by atoms with Gasteiger partial charge in [0, 0.05) is 19.6 Å². The average molecular weight is 289 g/mol. The lowest BCUT2D eigenvalue weighted by molar-refractivity contribution is 0.289. The zero-order chi connectivity index (χ0) is 14.7. The van der Waals surface area contributed by atoms with Crippen LogP contribution in [0.15, 0.2) is 0 Å². The highest BCUT2D eigenvalue weighted by molar-refractivity contribution is 5.32. The van der Waals surface area contributed by atoms with Gasteiger partial charge in [-0.05, 0) is 51.1 Å². The molecule has 0 spiro atoms. The van der Waals surface area contributed by atoms with Gasteiger partial charge in [0.25, 0.3) is 0 Å². The monoisotopic (exact) mass is 289 g/mol. The summed E-state index contributed by atoms with van der Waals surface area (Å²) in [4.78, 5) is 9.69. The van der Waals surface area contributed by atoms with Crippen LogP contribution < -0.4 is 4.90 Å². The summed E-state index contributed by atoms with van der Waals surface area (Å²) >= 11 is 0. The van der Waals surface area contributed by atoms with E-state index in [4.69, 9.17) is 4.98 Å². The van der Waals surface area contributed by atoms with Crippen LogP contribution in [0.25, 0.3) is 0 Å². The number of rotatable bonds is 5. The molecule has 1 aromatic rings. The summed E-state index contributed by atoms with van der Waals surface area (Å²) in [6, 6.07) is 0. The molecule has 3 rings (SSSR count). The molecular formula is C16H27N5. The normalized spacial score (nSPS) is 23.1. The van der Waals surface area contributed by atoms with E-state index in [2.05, 4.69) is 33.8 Å². The zero-order valence-corrected chi connectivity index (χ0v) is 13.4. The highest BCUT2D eigenvalue weighted by atomic mass is 15.3. The summed E-state index contributed by atoms with van der Waals surface area (Å²) in [5, 5.41) is 8.73. The Balaban J connectivity index is 1.62. The van der Waals surface area contributed by atoms with Crippen molar-refractivity contribution >= 4 is 5.95 Å². The average Bonchev–Trinajstić information content (AvgIpc) is 3.19. The summed E-state index contributed by atoms with van der Waals surface area (Å²) in [6.07, 6.45) is 5.87. The number of nitrogens with zero attached hydrogens (tertiary/aromatic N) is 5. The second-order valence-electron chi connectivity index (χ2n) is 6.32. The molecule has 2 aliphatic rings. The van der Waals surface area contributed by atoms with Gasteiger partial charge in [-0.2, -0.15) is 5.10 Å². The quantitative estimate of drug-likeness (QED) is 0.828. The van der Waals surface area contributed by atoms with E-state index in [-0.39, 0.29) is 0 Å². The highest BCUT2D eigenvalue weighted by Gasteiger charge is 2.27. The second-order valence-corrected chi connectivity index (χ2v) is 6.32. The number of aryl methyl sites for hydroxylation is 2. The van der Waals surface area contributed by atoms with Gasteiger partial charge in [0.15, 0.2) is 0 Å². The van der Waals surface area contributed by atoms with Gasteiger partial charge in [0.05, 0.1) is 11.4 Å². The minimum absolute atomic E-state index is 0.766. The number of aromatic nitrogens is 3. The van der Waals surface area contributed by atoms with Gasteiger partial charge >= 0.3 is 0 Å². The third-order valence-electron chi connectivity index (χ3n) is 4.78. The number of likely N-dealkylation sites (tertiary alicyclic amines) is 1.